The number of thiophene rings is 1. The molecule has 0 N–H and O–H groups in total. The summed E-state index contributed by atoms with van der Waals surface area (Å²) in [7, 11) is 0. The molecule has 2 aromatic heterocycles. The van der Waals surface area contributed by atoms with Gasteiger partial charge in [0, 0.05) is 16.5 Å². The minimum Gasteiger partial charge on any atom is -0.231 e. The predicted octanol–water partition coefficient (Wildman–Crippen LogP) is 6.18. The summed E-state index contributed by atoms with van der Waals surface area (Å²) in [5.74, 6) is 0.800. The highest BCUT2D eigenvalue weighted by Gasteiger charge is 2.39. The van der Waals surface area contributed by atoms with Crippen LogP contribution >= 0.6 is 11.3 Å². The van der Waals surface area contributed by atoms with Gasteiger partial charge < -0.3 is 0 Å². The molecule has 26 heavy (non-hydrogen) atoms. The van der Waals surface area contributed by atoms with E-state index in [-0.39, 0.29) is 5.41 Å². The minimum atomic E-state index is -0.135. The molecule has 0 unspecified atom stereocenters. The van der Waals surface area contributed by atoms with Crippen LogP contribution < -0.4 is 0 Å². The first-order valence-electron chi connectivity index (χ1n) is 8.78. The van der Waals surface area contributed by atoms with Crippen molar-refractivity contribution in [3.8, 4) is 33.1 Å². The van der Waals surface area contributed by atoms with Crippen LogP contribution in [0.3, 0.4) is 0 Å². The molecule has 0 spiro atoms. The van der Waals surface area contributed by atoms with Gasteiger partial charge in [0.25, 0.3) is 0 Å². The van der Waals surface area contributed by atoms with Gasteiger partial charge in [0.15, 0.2) is 5.82 Å². The molecule has 5 rings (SSSR count). The normalized spacial score (nSPS) is 14.1. The Bertz CT molecular complexity index is 1100. The third kappa shape index (κ3) is 2.17. The van der Waals surface area contributed by atoms with Gasteiger partial charge >= 0.3 is 0 Å². The van der Waals surface area contributed by atoms with E-state index in [1.165, 1.54) is 21.6 Å². The van der Waals surface area contributed by atoms with Gasteiger partial charge in [-0.1, -0.05) is 74.5 Å². The lowest BCUT2D eigenvalue weighted by Gasteiger charge is -2.21. The standard InChI is InChI=1S/C23H18N2S/c1-23(2)17-12-7-6-11-16(17)19-20(18-13-8-14-26-18)24-22(25-21(19)23)15-9-4-3-5-10-15/h3-14H,1-2H3. The molecule has 0 radical (unpaired) electrons. The maximum atomic E-state index is 5.06. The molecule has 1 aliphatic carbocycles. The summed E-state index contributed by atoms with van der Waals surface area (Å²) >= 11 is 1.73. The van der Waals surface area contributed by atoms with Gasteiger partial charge in [0.2, 0.25) is 0 Å². The summed E-state index contributed by atoms with van der Waals surface area (Å²) in [6, 6.07) is 23.1. The van der Waals surface area contributed by atoms with Crippen molar-refractivity contribution in [3.63, 3.8) is 0 Å². The Morgan fingerprint density at radius 2 is 1.58 bits per heavy atom. The lowest BCUT2D eigenvalue weighted by Crippen LogP contribution is -2.17. The number of aromatic nitrogens is 2. The highest BCUT2D eigenvalue weighted by atomic mass is 32.1. The molecule has 4 aromatic rings. The van der Waals surface area contributed by atoms with Gasteiger partial charge in [0.1, 0.15) is 0 Å². The molecule has 0 atom stereocenters. The monoisotopic (exact) mass is 354 g/mol. The van der Waals surface area contributed by atoms with Gasteiger partial charge in [-0.3, -0.25) is 0 Å². The molecular weight excluding hydrogens is 336 g/mol. The van der Waals surface area contributed by atoms with Crippen molar-refractivity contribution in [3.05, 3.63) is 83.4 Å². The number of hydrogen-bond acceptors (Lipinski definition) is 3. The fraction of sp³-hybridized carbons (Fsp3) is 0.130. The SMILES string of the molecule is CC1(C)c2ccccc2-c2c(-c3cccs3)nc(-c3ccccc3)nc21. The predicted molar refractivity (Wildman–Crippen MR) is 108 cm³/mol. The number of fused-ring (bicyclic) bond motifs is 3. The second kappa shape index (κ2) is 5.61. The van der Waals surface area contributed by atoms with E-state index >= 15 is 0 Å². The van der Waals surface area contributed by atoms with Crippen molar-refractivity contribution in [2.24, 2.45) is 0 Å². The maximum Gasteiger partial charge on any atom is 0.160 e. The summed E-state index contributed by atoms with van der Waals surface area (Å²) in [5, 5.41) is 2.11. The smallest absolute Gasteiger partial charge is 0.160 e. The van der Waals surface area contributed by atoms with E-state index in [4.69, 9.17) is 9.97 Å². The Kier molecular flexibility index (Phi) is 3.34. The topological polar surface area (TPSA) is 25.8 Å². The number of nitrogens with zero attached hydrogens (tertiary/aromatic N) is 2. The molecule has 126 valence electrons. The Hall–Kier alpha value is -2.78. The summed E-state index contributed by atoms with van der Waals surface area (Å²) in [6.45, 7) is 4.52. The number of hydrogen-bond donors (Lipinski definition) is 0. The van der Waals surface area contributed by atoms with Crippen molar-refractivity contribution >= 4 is 11.3 Å². The van der Waals surface area contributed by atoms with Crippen LogP contribution in [-0.2, 0) is 5.41 Å². The van der Waals surface area contributed by atoms with E-state index in [0.717, 1.165) is 22.8 Å². The highest BCUT2D eigenvalue weighted by molar-refractivity contribution is 7.13. The molecule has 0 aliphatic heterocycles. The second-order valence-corrected chi connectivity index (χ2v) is 8.08. The Balaban J connectivity index is 1.87. The maximum absolute atomic E-state index is 5.06. The zero-order valence-corrected chi connectivity index (χ0v) is 15.5. The summed E-state index contributed by atoms with van der Waals surface area (Å²) in [6.07, 6.45) is 0. The summed E-state index contributed by atoms with van der Waals surface area (Å²) in [5.41, 5.74) is 6.86. The molecule has 0 saturated heterocycles. The number of rotatable bonds is 2. The van der Waals surface area contributed by atoms with E-state index in [1.54, 1.807) is 11.3 Å². The lowest BCUT2D eigenvalue weighted by atomic mass is 9.85. The van der Waals surface area contributed by atoms with Crippen LogP contribution in [-0.4, -0.2) is 9.97 Å². The van der Waals surface area contributed by atoms with E-state index in [9.17, 15) is 0 Å². The van der Waals surface area contributed by atoms with Crippen molar-refractivity contribution in [1.82, 2.24) is 9.97 Å². The molecule has 0 bridgehead atoms. The molecule has 0 amide bonds. The van der Waals surface area contributed by atoms with Gasteiger partial charge in [0.05, 0.1) is 16.3 Å². The first-order chi connectivity index (χ1) is 12.7. The number of benzene rings is 2. The minimum absolute atomic E-state index is 0.135. The summed E-state index contributed by atoms with van der Waals surface area (Å²) < 4.78 is 0. The first-order valence-corrected chi connectivity index (χ1v) is 9.66. The Labute approximate surface area is 157 Å². The van der Waals surface area contributed by atoms with Crippen LogP contribution in [0.1, 0.15) is 25.1 Å². The molecular formula is C23H18N2S. The van der Waals surface area contributed by atoms with Crippen molar-refractivity contribution in [1.29, 1.82) is 0 Å². The zero-order valence-electron chi connectivity index (χ0n) is 14.7. The molecule has 3 heteroatoms. The Morgan fingerprint density at radius 1 is 0.808 bits per heavy atom. The van der Waals surface area contributed by atoms with Crippen LogP contribution in [0.2, 0.25) is 0 Å². The van der Waals surface area contributed by atoms with Crippen LogP contribution in [0, 0.1) is 0 Å². The molecule has 1 aliphatic rings. The van der Waals surface area contributed by atoms with Crippen LogP contribution in [0.4, 0.5) is 0 Å². The Morgan fingerprint density at radius 3 is 2.35 bits per heavy atom. The lowest BCUT2D eigenvalue weighted by molar-refractivity contribution is 0.636. The third-order valence-corrected chi connectivity index (χ3v) is 6.03. The third-order valence-electron chi connectivity index (χ3n) is 5.16. The largest absolute Gasteiger partial charge is 0.231 e. The zero-order chi connectivity index (χ0) is 17.7. The molecule has 2 heterocycles. The van der Waals surface area contributed by atoms with Crippen LogP contribution in [0.5, 0.6) is 0 Å². The molecule has 0 fully saturated rings. The summed E-state index contributed by atoms with van der Waals surface area (Å²) in [4.78, 5) is 11.3. The van der Waals surface area contributed by atoms with Crippen molar-refractivity contribution < 1.29 is 0 Å². The average molecular weight is 354 g/mol. The molecule has 2 nitrogen and oxygen atoms in total. The van der Waals surface area contributed by atoms with Crippen LogP contribution in [0.25, 0.3) is 33.1 Å². The molecule has 0 saturated carbocycles. The second-order valence-electron chi connectivity index (χ2n) is 7.13. The fourth-order valence-corrected chi connectivity index (χ4v) is 4.57. The van der Waals surface area contributed by atoms with Crippen molar-refractivity contribution in [2.75, 3.05) is 0 Å². The first kappa shape index (κ1) is 15.5. The van der Waals surface area contributed by atoms with Gasteiger partial charge in [-0.15, -0.1) is 11.3 Å². The molecule has 2 aromatic carbocycles. The van der Waals surface area contributed by atoms with Gasteiger partial charge in [-0.05, 0) is 22.6 Å². The highest BCUT2D eigenvalue weighted by Crippen LogP contribution is 2.51. The van der Waals surface area contributed by atoms with Gasteiger partial charge in [-0.25, -0.2) is 9.97 Å². The van der Waals surface area contributed by atoms with Gasteiger partial charge in [-0.2, -0.15) is 0 Å². The average Bonchev–Trinajstić information content (AvgIpc) is 3.29. The van der Waals surface area contributed by atoms with Crippen LogP contribution in [0.15, 0.2) is 72.1 Å². The van der Waals surface area contributed by atoms with E-state index in [1.807, 2.05) is 18.2 Å². The van der Waals surface area contributed by atoms with E-state index in [0.29, 0.717) is 0 Å². The van der Waals surface area contributed by atoms with E-state index in [2.05, 4.69) is 67.8 Å². The fourth-order valence-electron chi connectivity index (χ4n) is 3.85. The van der Waals surface area contributed by atoms with E-state index < -0.39 is 0 Å². The quantitative estimate of drug-likeness (QED) is 0.430. The van der Waals surface area contributed by atoms with Crippen molar-refractivity contribution in [2.45, 2.75) is 19.3 Å².